The fraction of sp³-hybridized carbons (Fsp3) is 0.857. The Morgan fingerprint density at radius 2 is 2.38 bits per heavy atom. The molecule has 1 aliphatic heterocycles. The van der Waals surface area contributed by atoms with Gasteiger partial charge in [-0.15, -0.1) is 0 Å². The molecule has 0 radical (unpaired) electrons. The minimum Gasteiger partial charge on any atom is -0.296 e. The molecule has 13 heavy (non-hydrogen) atoms. The second-order valence-electron chi connectivity index (χ2n) is 2.99. The van der Waals surface area contributed by atoms with Gasteiger partial charge in [0.2, 0.25) is 5.91 Å². The van der Waals surface area contributed by atoms with Crippen molar-refractivity contribution in [2.24, 2.45) is 0 Å². The molecule has 1 aliphatic rings. The first-order chi connectivity index (χ1) is 6.16. The Morgan fingerprint density at radius 3 is 2.92 bits per heavy atom. The van der Waals surface area contributed by atoms with Gasteiger partial charge >= 0.3 is 8.03 Å². The van der Waals surface area contributed by atoms with Gasteiger partial charge < -0.3 is 0 Å². The second-order valence-corrected chi connectivity index (χ2v) is 4.63. The summed E-state index contributed by atoms with van der Waals surface area (Å²) in [4.78, 5) is 21.8. The van der Waals surface area contributed by atoms with Crippen molar-refractivity contribution in [3.63, 3.8) is 0 Å². The van der Waals surface area contributed by atoms with Gasteiger partial charge in [-0.1, -0.05) is 0 Å². The molecule has 0 saturated carbocycles. The van der Waals surface area contributed by atoms with E-state index in [4.69, 9.17) is 4.89 Å². The molecule has 1 amide bonds. The third kappa shape index (κ3) is 2.66. The standard InChI is InChI=1S/C7H12NO3PS/c9-6(3-5-13)8-4-1-2-7(8)12(10)11/h7H,1-5H2,(H-,10,11,13)/p+1. The molecule has 74 valence electrons. The minimum absolute atomic E-state index is 0.0603. The number of thiol groups is 1. The maximum atomic E-state index is 11.4. The lowest BCUT2D eigenvalue weighted by Crippen LogP contribution is -2.33. The van der Waals surface area contributed by atoms with Crippen molar-refractivity contribution in [1.29, 1.82) is 0 Å². The third-order valence-corrected chi connectivity index (χ3v) is 3.39. The number of likely N-dealkylation sites (tertiary alicyclic amines) is 1. The number of nitrogens with zero attached hydrogens (tertiary/aromatic N) is 1. The molecule has 1 N–H and O–H groups in total. The highest BCUT2D eigenvalue weighted by Gasteiger charge is 2.41. The quantitative estimate of drug-likeness (QED) is 0.553. The average molecular weight is 222 g/mol. The summed E-state index contributed by atoms with van der Waals surface area (Å²) < 4.78 is 10.9. The van der Waals surface area contributed by atoms with Gasteiger partial charge in [-0.3, -0.25) is 9.69 Å². The van der Waals surface area contributed by atoms with Crippen LogP contribution < -0.4 is 0 Å². The van der Waals surface area contributed by atoms with Gasteiger partial charge in [0.25, 0.3) is 5.78 Å². The summed E-state index contributed by atoms with van der Waals surface area (Å²) in [6, 6.07) is 0. The molecule has 2 unspecified atom stereocenters. The molecule has 0 aromatic carbocycles. The molecule has 2 atom stereocenters. The first-order valence-electron chi connectivity index (χ1n) is 4.22. The van der Waals surface area contributed by atoms with Gasteiger partial charge in [0, 0.05) is 19.4 Å². The van der Waals surface area contributed by atoms with E-state index in [0.717, 1.165) is 6.42 Å². The lowest BCUT2D eigenvalue weighted by atomic mass is 10.4. The third-order valence-electron chi connectivity index (χ3n) is 2.12. The van der Waals surface area contributed by atoms with E-state index in [2.05, 4.69) is 12.6 Å². The van der Waals surface area contributed by atoms with E-state index in [9.17, 15) is 9.36 Å². The smallest absolute Gasteiger partial charge is 0.296 e. The van der Waals surface area contributed by atoms with Crippen molar-refractivity contribution in [2.75, 3.05) is 12.3 Å². The van der Waals surface area contributed by atoms with E-state index in [0.29, 0.717) is 25.1 Å². The zero-order valence-electron chi connectivity index (χ0n) is 7.22. The van der Waals surface area contributed by atoms with Crippen LogP contribution in [-0.2, 0) is 9.36 Å². The summed E-state index contributed by atoms with van der Waals surface area (Å²) in [7, 11) is -2.25. The molecule has 0 aromatic heterocycles. The summed E-state index contributed by atoms with van der Waals surface area (Å²) in [6.07, 6.45) is 1.82. The second kappa shape index (κ2) is 4.94. The van der Waals surface area contributed by atoms with Crippen LogP contribution in [0.1, 0.15) is 19.3 Å². The lowest BCUT2D eigenvalue weighted by Gasteiger charge is -2.15. The van der Waals surface area contributed by atoms with Gasteiger partial charge in [0.1, 0.15) is 0 Å². The molecule has 1 rings (SSSR count). The molecule has 6 heteroatoms. The van der Waals surface area contributed by atoms with E-state index in [1.807, 2.05) is 0 Å². The number of hydrogen-bond acceptors (Lipinski definition) is 3. The van der Waals surface area contributed by atoms with Crippen LogP contribution in [0.4, 0.5) is 0 Å². The van der Waals surface area contributed by atoms with Crippen molar-refractivity contribution in [3.05, 3.63) is 0 Å². The minimum atomic E-state index is -2.25. The van der Waals surface area contributed by atoms with Crippen LogP contribution in [0.25, 0.3) is 0 Å². The monoisotopic (exact) mass is 222 g/mol. The SMILES string of the molecule is O=C(CCS)N1CCCC1[P+](=O)O. The van der Waals surface area contributed by atoms with Gasteiger partial charge in [-0.2, -0.15) is 17.5 Å². The maximum absolute atomic E-state index is 11.4. The molecular weight excluding hydrogens is 209 g/mol. The van der Waals surface area contributed by atoms with Gasteiger partial charge in [0.15, 0.2) is 0 Å². The number of hydrogen-bond donors (Lipinski definition) is 2. The Balaban J connectivity index is 2.57. The van der Waals surface area contributed by atoms with Crippen LogP contribution in [0.2, 0.25) is 0 Å². The fourth-order valence-electron chi connectivity index (χ4n) is 1.51. The van der Waals surface area contributed by atoms with Gasteiger partial charge in [-0.05, 0) is 16.7 Å². The normalized spacial score (nSPS) is 23.4. The Hall–Kier alpha value is -0.120. The van der Waals surface area contributed by atoms with Crippen molar-refractivity contribution in [1.82, 2.24) is 4.90 Å². The number of carbonyl (C=O) groups is 1. The van der Waals surface area contributed by atoms with Gasteiger partial charge in [-0.25, -0.2) is 0 Å². The van der Waals surface area contributed by atoms with Crippen LogP contribution in [0, 0.1) is 0 Å². The molecule has 0 spiro atoms. The van der Waals surface area contributed by atoms with Crippen molar-refractivity contribution in [3.8, 4) is 0 Å². The molecule has 0 aliphatic carbocycles. The topological polar surface area (TPSA) is 57.6 Å². The highest BCUT2D eigenvalue weighted by molar-refractivity contribution is 7.80. The first kappa shape index (κ1) is 11.0. The molecular formula is C7H13NO3PS+. The van der Waals surface area contributed by atoms with Crippen LogP contribution in [0.5, 0.6) is 0 Å². The van der Waals surface area contributed by atoms with Crippen molar-refractivity contribution in [2.45, 2.75) is 25.0 Å². The molecule has 1 fully saturated rings. The van der Waals surface area contributed by atoms with E-state index in [-0.39, 0.29) is 5.91 Å². The van der Waals surface area contributed by atoms with Crippen molar-refractivity contribution >= 4 is 26.6 Å². The van der Waals surface area contributed by atoms with Gasteiger partial charge in [0.05, 0.1) is 0 Å². The zero-order valence-corrected chi connectivity index (χ0v) is 9.01. The van der Waals surface area contributed by atoms with Crippen LogP contribution in [0.15, 0.2) is 0 Å². The van der Waals surface area contributed by atoms with Crippen LogP contribution in [-0.4, -0.2) is 33.8 Å². The fourth-order valence-corrected chi connectivity index (χ4v) is 2.59. The Morgan fingerprint density at radius 1 is 1.69 bits per heavy atom. The summed E-state index contributed by atoms with van der Waals surface area (Å²) in [5.74, 6) is -0.0261. The number of rotatable bonds is 3. The predicted octanol–water partition coefficient (Wildman–Crippen LogP) is 0.990. The predicted molar refractivity (Wildman–Crippen MR) is 53.0 cm³/mol. The number of amides is 1. The molecule has 4 nitrogen and oxygen atoms in total. The maximum Gasteiger partial charge on any atom is 0.530 e. The average Bonchev–Trinajstić information content (AvgIpc) is 2.52. The molecule has 0 bridgehead atoms. The van der Waals surface area contributed by atoms with E-state index in [1.165, 1.54) is 4.90 Å². The first-order valence-corrected chi connectivity index (χ1v) is 6.13. The molecule has 1 saturated heterocycles. The summed E-state index contributed by atoms with van der Waals surface area (Å²) in [6.45, 7) is 0.610. The highest BCUT2D eigenvalue weighted by Crippen LogP contribution is 2.34. The zero-order chi connectivity index (χ0) is 9.84. The lowest BCUT2D eigenvalue weighted by molar-refractivity contribution is -0.130. The van der Waals surface area contributed by atoms with Crippen molar-refractivity contribution < 1.29 is 14.3 Å². The highest BCUT2D eigenvalue weighted by atomic mass is 32.1. The summed E-state index contributed by atoms with van der Waals surface area (Å²) in [5, 5.41) is 0. The van der Waals surface area contributed by atoms with E-state index in [1.54, 1.807) is 0 Å². The Labute approximate surface area is 83.6 Å². The summed E-state index contributed by atoms with van der Waals surface area (Å²) in [5.41, 5.74) is 0. The van der Waals surface area contributed by atoms with Crippen LogP contribution in [0.3, 0.4) is 0 Å². The molecule has 0 aromatic rings. The van der Waals surface area contributed by atoms with E-state index < -0.39 is 13.8 Å². The van der Waals surface area contributed by atoms with E-state index >= 15 is 0 Å². The van der Waals surface area contributed by atoms with Crippen LogP contribution >= 0.6 is 20.7 Å². The Kier molecular flexibility index (Phi) is 4.16. The number of carbonyl (C=O) groups excluding carboxylic acids is 1. The Bertz CT molecular complexity index is 224. The largest absolute Gasteiger partial charge is 0.530 e. The molecule has 1 heterocycles. The summed E-state index contributed by atoms with van der Waals surface area (Å²) >= 11 is 3.95.